The number of rotatable bonds is 7. The molecule has 1 aromatic carbocycles. The molecule has 0 atom stereocenters. The largest absolute Gasteiger partial charge is 0.493 e. The van der Waals surface area contributed by atoms with Crippen LogP contribution in [0.25, 0.3) is 0 Å². The molecule has 1 rings (SSSR count). The molecule has 0 aromatic heterocycles. The average Bonchev–Trinajstić information content (AvgIpc) is 2.43. The summed E-state index contributed by atoms with van der Waals surface area (Å²) in [5.41, 5.74) is 0.901. The highest BCUT2D eigenvalue weighted by Gasteiger charge is 2.32. The van der Waals surface area contributed by atoms with Crippen molar-refractivity contribution in [2.75, 3.05) is 12.4 Å². The number of ether oxygens (including phenoxy) is 1. The molecule has 0 spiro atoms. The first-order valence-corrected chi connectivity index (χ1v) is 9.29. The van der Waals surface area contributed by atoms with Gasteiger partial charge in [-0.3, -0.25) is 0 Å². The number of hydrogen-bond donors (Lipinski definition) is 0. The lowest BCUT2D eigenvalue weighted by Crippen LogP contribution is -2.33. The summed E-state index contributed by atoms with van der Waals surface area (Å²) in [5.74, 6) is 0.484. The van der Waals surface area contributed by atoms with Crippen molar-refractivity contribution in [1.82, 2.24) is 0 Å². The minimum atomic E-state index is -3.59. The predicted molar refractivity (Wildman–Crippen MR) is 84.0 cm³/mol. The van der Waals surface area contributed by atoms with Crippen LogP contribution in [-0.2, 0) is 9.05 Å². The molecule has 0 fully saturated rings. The third-order valence-electron chi connectivity index (χ3n) is 3.83. The summed E-state index contributed by atoms with van der Waals surface area (Å²) >= 11 is 0. The van der Waals surface area contributed by atoms with Crippen molar-refractivity contribution < 1.29 is 13.2 Å². The molecule has 0 aliphatic heterocycles. The van der Waals surface area contributed by atoms with Gasteiger partial charge in [-0.2, -0.15) is 5.26 Å². The summed E-state index contributed by atoms with van der Waals surface area (Å²) in [7, 11) is 1.82. The van der Waals surface area contributed by atoms with Crippen LogP contribution in [0.15, 0.2) is 18.2 Å². The molecule has 0 N–H and O–H groups in total. The molecule has 0 saturated heterocycles. The molecule has 0 amide bonds. The molecule has 0 saturated carbocycles. The summed E-state index contributed by atoms with van der Waals surface area (Å²) < 4.78 is 28.6. The van der Waals surface area contributed by atoms with Gasteiger partial charge in [-0.1, -0.05) is 19.9 Å². The zero-order valence-electron chi connectivity index (χ0n) is 12.5. The van der Waals surface area contributed by atoms with Gasteiger partial charge in [-0.15, -0.1) is 0 Å². The van der Waals surface area contributed by atoms with Crippen LogP contribution in [0.2, 0.25) is 0 Å². The summed E-state index contributed by atoms with van der Waals surface area (Å²) in [5, 5.41) is 8.92. The van der Waals surface area contributed by atoms with Gasteiger partial charge in [0, 0.05) is 16.1 Å². The minimum Gasteiger partial charge on any atom is -0.493 e. The monoisotopic (exact) mass is 329 g/mol. The van der Waals surface area contributed by atoms with Crippen LogP contribution in [0.4, 0.5) is 0 Å². The fourth-order valence-electron chi connectivity index (χ4n) is 2.12. The van der Waals surface area contributed by atoms with E-state index < -0.39 is 14.5 Å². The number of aryl methyl sites for hydroxylation is 1. The molecule has 0 aliphatic carbocycles. The van der Waals surface area contributed by atoms with Crippen molar-refractivity contribution in [1.29, 1.82) is 5.26 Å². The molecule has 21 heavy (non-hydrogen) atoms. The first-order chi connectivity index (χ1) is 9.75. The van der Waals surface area contributed by atoms with Crippen molar-refractivity contribution in [3.8, 4) is 11.8 Å². The smallest absolute Gasteiger partial charge is 0.233 e. The van der Waals surface area contributed by atoms with E-state index in [1.165, 1.54) is 0 Å². The van der Waals surface area contributed by atoms with Crippen molar-refractivity contribution in [3.05, 3.63) is 29.3 Å². The summed E-state index contributed by atoms with van der Waals surface area (Å²) in [6.45, 7) is 5.98. The van der Waals surface area contributed by atoms with E-state index in [4.69, 9.17) is 20.7 Å². The zero-order chi connectivity index (χ0) is 16.1. The maximum Gasteiger partial charge on any atom is 0.233 e. The third-order valence-corrected chi connectivity index (χ3v) is 5.11. The number of nitrogens with zero attached hydrogens (tertiary/aromatic N) is 1. The Kier molecular flexibility index (Phi) is 6.06. The van der Waals surface area contributed by atoms with Crippen LogP contribution < -0.4 is 4.74 Å². The highest BCUT2D eigenvalue weighted by atomic mass is 35.7. The van der Waals surface area contributed by atoms with Crippen LogP contribution in [0.5, 0.6) is 5.75 Å². The van der Waals surface area contributed by atoms with Crippen LogP contribution in [0.1, 0.15) is 37.8 Å². The van der Waals surface area contributed by atoms with E-state index in [-0.39, 0.29) is 12.4 Å². The SMILES string of the molecule is CCC(CC)(COc1cc(C#N)ccc1C)CS(=O)(=O)Cl. The second-order valence-electron chi connectivity index (χ2n) is 5.27. The Hall–Kier alpha value is -1.25. The normalized spacial score (nSPS) is 12.0. The van der Waals surface area contributed by atoms with E-state index in [1.807, 2.05) is 26.8 Å². The zero-order valence-corrected chi connectivity index (χ0v) is 14.1. The molecular weight excluding hydrogens is 310 g/mol. The summed E-state index contributed by atoms with van der Waals surface area (Å²) in [6.07, 6.45) is 1.29. The first-order valence-electron chi connectivity index (χ1n) is 6.81. The molecule has 1 aromatic rings. The second-order valence-corrected chi connectivity index (χ2v) is 8.05. The lowest BCUT2D eigenvalue weighted by atomic mass is 9.85. The van der Waals surface area contributed by atoms with E-state index >= 15 is 0 Å². The first kappa shape index (κ1) is 17.8. The Balaban J connectivity index is 2.95. The molecule has 0 aliphatic rings. The molecule has 4 nitrogen and oxygen atoms in total. The van der Waals surface area contributed by atoms with Gasteiger partial charge in [0.15, 0.2) is 0 Å². The fourth-order valence-corrected chi connectivity index (χ4v) is 4.04. The van der Waals surface area contributed by atoms with Gasteiger partial charge < -0.3 is 4.74 Å². The van der Waals surface area contributed by atoms with Gasteiger partial charge in [-0.05, 0) is 37.5 Å². The molecule has 6 heteroatoms. The Morgan fingerprint density at radius 3 is 2.43 bits per heavy atom. The summed E-state index contributed by atoms with van der Waals surface area (Å²) in [6, 6.07) is 7.26. The van der Waals surface area contributed by atoms with E-state index in [0.29, 0.717) is 24.2 Å². The highest BCUT2D eigenvalue weighted by molar-refractivity contribution is 8.13. The van der Waals surface area contributed by atoms with E-state index in [1.54, 1.807) is 12.1 Å². The molecule has 0 radical (unpaired) electrons. The Bertz CT molecular complexity index is 631. The number of halogens is 1. The Labute approximate surface area is 131 Å². The molecule has 116 valence electrons. The number of nitriles is 1. The molecular formula is C15H20ClNO3S. The maximum absolute atomic E-state index is 11.4. The average molecular weight is 330 g/mol. The molecule has 0 heterocycles. The highest BCUT2D eigenvalue weighted by Crippen LogP contribution is 2.31. The van der Waals surface area contributed by atoms with Gasteiger partial charge in [0.05, 0.1) is 24.0 Å². The topological polar surface area (TPSA) is 67.2 Å². The van der Waals surface area contributed by atoms with Crippen LogP contribution in [0, 0.1) is 23.7 Å². The number of hydrogen-bond acceptors (Lipinski definition) is 4. The Morgan fingerprint density at radius 1 is 1.33 bits per heavy atom. The van der Waals surface area contributed by atoms with Crippen molar-refractivity contribution in [2.45, 2.75) is 33.6 Å². The van der Waals surface area contributed by atoms with Gasteiger partial charge >= 0.3 is 0 Å². The van der Waals surface area contributed by atoms with Gasteiger partial charge in [0.2, 0.25) is 9.05 Å². The van der Waals surface area contributed by atoms with Crippen LogP contribution >= 0.6 is 10.7 Å². The predicted octanol–water partition coefficient (Wildman–Crippen LogP) is 3.62. The van der Waals surface area contributed by atoms with Crippen molar-refractivity contribution in [3.63, 3.8) is 0 Å². The number of benzene rings is 1. The van der Waals surface area contributed by atoms with Gasteiger partial charge in [0.25, 0.3) is 0 Å². The van der Waals surface area contributed by atoms with Crippen molar-refractivity contribution in [2.24, 2.45) is 5.41 Å². The van der Waals surface area contributed by atoms with E-state index in [9.17, 15) is 8.42 Å². The molecule has 0 bridgehead atoms. The summed E-state index contributed by atoms with van der Waals surface area (Å²) in [4.78, 5) is 0. The van der Waals surface area contributed by atoms with Gasteiger partial charge in [0.1, 0.15) is 5.75 Å². The fraction of sp³-hybridized carbons (Fsp3) is 0.533. The Morgan fingerprint density at radius 2 is 1.95 bits per heavy atom. The lowest BCUT2D eigenvalue weighted by Gasteiger charge is -2.30. The maximum atomic E-state index is 11.4. The van der Waals surface area contributed by atoms with Gasteiger partial charge in [-0.25, -0.2) is 8.42 Å². The second kappa shape index (κ2) is 7.15. The van der Waals surface area contributed by atoms with Crippen molar-refractivity contribution >= 4 is 19.7 Å². The van der Waals surface area contributed by atoms with Crippen LogP contribution in [-0.4, -0.2) is 20.8 Å². The molecule has 0 unspecified atom stereocenters. The van der Waals surface area contributed by atoms with Crippen LogP contribution in [0.3, 0.4) is 0 Å². The standard InChI is InChI=1S/C15H20ClNO3S/c1-4-15(5-2,11-21(16,18)19)10-20-14-8-13(9-17)7-6-12(14)3/h6-8H,4-5,10-11H2,1-3H3. The minimum absolute atomic E-state index is 0.120. The van der Waals surface area contributed by atoms with E-state index in [2.05, 4.69) is 6.07 Å². The lowest BCUT2D eigenvalue weighted by molar-refractivity contribution is 0.154. The quantitative estimate of drug-likeness (QED) is 0.716. The van der Waals surface area contributed by atoms with E-state index in [0.717, 1.165) is 5.56 Å². The third kappa shape index (κ3) is 5.22.